The van der Waals surface area contributed by atoms with Crippen molar-refractivity contribution < 1.29 is 4.79 Å². The van der Waals surface area contributed by atoms with Gasteiger partial charge < -0.3 is 4.90 Å². The van der Waals surface area contributed by atoms with E-state index in [0.717, 1.165) is 24.9 Å². The first-order valence-electron chi connectivity index (χ1n) is 8.54. The third-order valence-electron chi connectivity index (χ3n) is 4.81. The van der Waals surface area contributed by atoms with Crippen molar-refractivity contribution in [2.75, 3.05) is 6.54 Å². The number of rotatable bonds is 3. The smallest absolute Gasteiger partial charge is 0.334 e. The average molecular weight is 336 g/mol. The van der Waals surface area contributed by atoms with Gasteiger partial charge in [-0.3, -0.25) is 9.20 Å². The highest BCUT2D eigenvalue weighted by atomic mass is 16.2. The molecule has 1 atom stereocenters. The maximum Gasteiger partial charge on any atom is 0.350 e. The molecule has 3 heterocycles. The quantitative estimate of drug-likeness (QED) is 0.736. The molecule has 1 unspecified atom stereocenters. The Hall–Kier alpha value is -2.89. The number of nitrogens with zero attached hydrogens (tertiary/aromatic N) is 4. The summed E-state index contributed by atoms with van der Waals surface area (Å²) in [6.07, 6.45) is 3.59. The lowest BCUT2D eigenvalue weighted by Gasteiger charge is -2.25. The minimum Gasteiger partial charge on any atom is -0.334 e. The van der Waals surface area contributed by atoms with Crippen molar-refractivity contribution >= 4 is 11.6 Å². The molecule has 3 aromatic rings. The predicted octanol–water partition coefficient (Wildman–Crippen LogP) is 2.17. The van der Waals surface area contributed by atoms with Gasteiger partial charge >= 0.3 is 5.69 Å². The van der Waals surface area contributed by atoms with Crippen LogP contribution in [0, 0.1) is 6.92 Å². The number of carbonyl (C=O) groups is 1. The molecule has 1 amide bonds. The van der Waals surface area contributed by atoms with Gasteiger partial charge in [0, 0.05) is 12.7 Å². The molecule has 0 aliphatic carbocycles. The molecule has 0 bridgehead atoms. The summed E-state index contributed by atoms with van der Waals surface area (Å²) in [7, 11) is 0. The van der Waals surface area contributed by atoms with E-state index in [2.05, 4.69) is 36.3 Å². The fraction of sp³-hybridized carbons (Fsp3) is 0.316. The third-order valence-corrected chi connectivity index (χ3v) is 4.81. The summed E-state index contributed by atoms with van der Waals surface area (Å²) in [4.78, 5) is 27.0. The molecule has 1 aromatic carbocycles. The normalized spacial score (nSPS) is 17.3. The molecule has 2 aromatic heterocycles. The molecule has 1 saturated heterocycles. The van der Waals surface area contributed by atoms with Gasteiger partial charge in [-0.2, -0.15) is 0 Å². The Bertz CT molecular complexity index is 971. The van der Waals surface area contributed by atoms with Gasteiger partial charge in [0.05, 0.1) is 6.04 Å². The van der Waals surface area contributed by atoms with E-state index >= 15 is 0 Å². The Morgan fingerprint density at radius 1 is 1.20 bits per heavy atom. The number of amides is 1. The summed E-state index contributed by atoms with van der Waals surface area (Å²) >= 11 is 0. The van der Waals surface area contributed by atoms with E-state index in [9.17, 15) is 9.59 Å². The zero-order chi connectivity index (χ0) is 17.4. The molecule has 1 aliphatic heterocycles. The van der Waals surface area contributed by atoms with Crippen LogP contribution >= 0.6 is 0 Å². The summed E-state index contributed by atoms with van der Waals surface area (Å²) in [5.74, 6) is -0.0615. The molecule has 6 nitrogen and oxygen atoms in total. The highest BCUT2D eigenvalue weighted by Gasteiger charge is 2.30. The Labute approximate surface area is 145 Å². The number of fused-ring (bicyclic) bond motifs is 1. The van der Waals surface area contributed by atoms with Crippen LogP contribution in [-0.4, -0.2) is 31.5 Å². The Kier molecular flexibility index (Phi) is 3.87. The van der Waals surface area contributed by atoms with Gasteiger partial charge in [0.2, 0.25) is 5.91 Å². The number of benzene rings is 1. The van der Waals surface area contributed by atoms with Crippen molar-refractivity contribution in [3.8, 4) is 0 Å². The first-order valence-corrected chi connectivity index (χ1v) is 8.54. The zero-order valence-corrected chi connectivity index (χ0v) is 14.1. The monoisotopic (exact) mass is 336 g/mol. The maximum atomic E-state index is 12.8. The molecule has 6 heteroatoms. The van der Waals surface area contributed by atoms with Crippen LogP contribution in [0.5, 0.6) is 0 Å². The van der Waals surface area contributed by atoms with Crippen molar-refractivity contribution in [1.82, 2.24) is 19.1 Å². The summed E-state index contributed by atoms with van der Waals surface area (Å²) in [5.41, 5.74) is 2.63. The Balaban J connectivity index is 1.58. The fourth-order valence-corrected chi connectivity index (χ4v) is 3.49. The van der Waals surface area contributed by atoms with Crippen LogP contribution in [0.25, 0.3) is 5.65 Å². The Morgan fingerprint density at radius 2 is 2.00 bits per heavy atom. The van der Waals surface area contributed by atoms with Crippen molar-refractivity contribution in [3.05, 3.63) is 70.3 Å². The van der Waals surface area contributed by atoms with E-state index in [1.165, 1.54) is 14.6 Å². The number of hydrogen-bond donors (Lipinski definition) is 0. The van der Waals surface area contributed by atoms with E-state index in [-0.39, 0.29) is 24.2 Å². The first-order chi connectivity index (χ1) is 12.1. The topological polar surface area (TPSA) is 59.6 Å². The van der Waals surface area contributed by atoms with Crippen LogP contribution in [0.2, 0.25) is 0 Å². The standard InChI is InChI=1S/C19H20N4O2/c1-14-7-9-15(10-8-14)16-5-4-12-21(16)18(24)13-23-19(25)22-11-3-2-6-17(22)20-23/h2-3,6-11,16H,4-5,12-13H2,1H3. The molecule has 25 heavy (non-hydrogen) atoms. The summed E-state index contributed by atoms with van der Waals surface area (Å²) < 4.78 is 2.71. The van der Waals surface area contributed by atoms with Crippen LogP contribution in [0.1, 0.15) is 30.0 Å². The molecule has 4 rings (SSSR count). The van der Waals surface area contributed by atoms with Gasteiger partial charge in [0.1, 0.15) is 6.54 Å². The van der Waals surface area contributed by atoms with Gasteiger partial charge in [0.25, 0.3) is 0 Å². The minimum atomic E-state index is -0.282. The SMILES string of the molecule is Cc1ccc(C2CCCN2C(=O)Cn2nc3ccccn3c2=O)cc1. The van der Waals surface area contributed by atoms with Gasteiger partial charge in [-0.25, -0.2) is 9.48 Å². The molecular formula is C19H20N4O2. The second kappa shape index (κ2) is 6.20. The number of aromatic nitrogens is 3. The largest absolute Gasteiger partial charge is 0.350 e. The number of hydrogen-bond acceptors (Lipinski definition) is 3. The first kappa shape index (κ1) is 15.6. The number of aryl methyl sites for hydroxylation is 1. The van der Waals surface area contributed by atoms with E-state index in [1.807, 2.05) is 11.0 Å². The van der Waals surface area contributed by atoms with Gasteiger partial charge in [-0.05, 0) is 37.5 Å². The van der Waals surface area contributed by atoms with Crippen molar-refractivity contribution in [1.29, 1.82) is 0 Å². The molecule has 0 radical (unpaired) electrons. The summed E-state index contributed by atoms with van der Waals surface area (Å²) in [6, 6.07) is 13.8. The predicted molar refractivity (Wildman–Crippen MR) is 94.3 cm³/mol. The lowest BCUT2D eigenvalue weighted by Crippen LogP contribution is -2.36. The molecule has 0 N–H and O–H groups in total. The highest BCUT2D eigenvalue weighted by Crippen LogP contribution is 2.32. The van der Waals surface area contributed by atoms with Crippen molar-refractivity contribution in [3.63, 3.8) is 0 Å². The second-order valence-electron chi connectivity index (χ2n) is 6.52. The van der Waals surface area contributed by atoms with Gasteiger partial charge in [-0.1, -0.05) is 35.9 Å². The van der Waals surface area contributed by atoms with Crippen LogP contribution in [0.15, 0.2) is 53.5 Å². The summed E-state index contributed by atoms with van der Waals surface area (Å²) in [6.45, 7) is 2.75. The minimum absolute atomic E-state index is 0.0249. The van der Waals surface area contributed by atoms with E-state index in [0.29, 0.717) is 5.65 Å². The molecule has 128 valence electrons. The zero-order valence-electron chi connectivity index (χ0n) is 14.1. The number of pyridine rings is 1. The number of likely N-dealkylation sites (tertiary alicyclic amines) is 1. The van der Waals surface area contributed by atoms with Crippen molar-refractivity contribution in [2.45, 2.75) is 32.4 Å². The van der Waals surface area contributed by atoms with Crippen molar-refractivity contribution in [2.24, 2.45) is 0 Å². The number of carbonyl (C=O) groups excluding carboxylic acids is 1. The van der Waals surface area contributed by atoms with E-state index in [4.69, 9.17) is 0 Å². The molecular weight excluding hydrogens is 316 g/mol. The van der Waals surface area contributed by atoms with Crippen LogP contribution in [-0.2, 0) is 11.3 Å². The van der Waals surface area contributed by atoms with Crippen LogP contribution < -0.4 is 5.69 Å². The molecule has 1 fully saturated rings. The second-order valence-corrected chi connectivity index (χ2v) is 6.52. The molecule has 0 saturated carbocycles. The summed E-state index contributed by atoms with van der Waals surface area (Å²) in [5, 5.41) is 4.25. The highest BCUT2D eigenvalue weighted by molar-refractivity contribution is 5.76. The lowest BCUT2D eigenvalue weighted by atomic mass is 10.0. The average Bonchev–Trinajstić information content (AvgIpc) is 3.22. The van der Waals surface area contributed by atoms with E-state index < -0.39 is 0 Å². The third kappa shape index (κ3) is 2.84. The fourth-order valence-electron chi connectivity index (χ4n) is 3.49. The lowest BCUT2D eigenvalue weighted by molar-refractivity contribution is -0.133. The van der Waals surface area contributed by atoms with Gasteiger partial charge in [-0.15, -0.1) is 5.10 Å². The van der Waals surface area contributed by atoms with Crippen LogP contribution in [0.4, 0.5) is 0 Å². The molecule has 1 aliphatic rings. The Morgan fingerprint density at radius 3 is 2.76 bits per heavy atom. The van der Waals surface area contributed by atoms with E-state index in [1.54, 1.807) is 18.3 Å². The molecule has 0 spiro atoms. The van der Waals surface area contributed by atoms with Gasteiger partial charge in [0.15, 0.2) is 5.65 Å². The maximum absolute atomic E-state index is 12.8. The van der Waals surface area contributed by atoms with Crippen LogP contribution in [0.3, 0.4) is 0 Å².